The summed E-state index contributed by atoms with van der Waals surface area (Å²) < 4.78 is 5.32. The Kier molecular flexibility index (Phi) is 4.15. The molecule has 1 spiro atoms. The van der Waals surface area contributed by atoms with Gasteiger partial charge in [0.05, 0.1) is 12.5 Å². The van der Waals surface area contributed by atoms with Gasteiger partial charge in [-0.25, -0.2) is 0 Å². The summed E-state index contributed by atoms with van der Waals surface area (Å²) in [5, 5.41) is 2.97. The molecule has 134 valence electrons. The third kappa shape index (κ3) is 2.73. The molecule has 1 fully saturated rings. The van der Waals surface area contributed by atoms with Crippen molar-refractivity contribution in [2.75, 3.05) is 25.5 Å². The van der Waals surface area contributed by atoms with Crippen molar-refractivity contribution in [3.63, 3.8) is 0 Å². The predicted molar refractivity (Wildman–Crippen MR) is 99.3 cm³/mol. The Balaban J connectivity index is 1.50. The Bertz CT molecular complexity index is 850. The number of anilines is 1. The Morgan fingerprint density at radius 2 is 2.04 bits per heavy atom. The largest absolute Gasteiger partial charge is 0.497 e. The first-order valence-electron chi connectivity index (χ1n) is 8.94. The molecule has 0 radical (unpaired) electrons. The zero-order chi connectivity index (χ0) is 18.1. The lowest BCUT2D eigenvalue weighted by Gasteiger charge is -2.23. The van der Waals surface area contributed by atoms with Crippen LogP contribution in [0.2, 0.25) is 0 Å². The fraction of sp³-hybridized carbons (Fsp3) is 0.333. The van der Waals surface area contributed by atoms with Gasteiger partial charge in [0.2, 0.25) is 11.8 Å². The van der Waals surface area contributed by atoms with Gasteiger partial charge < -0.3 is 15.0 Å². The second-order valence-electron chi connectivity index (χ2n) is 7.00. The van der Waals surface area contributed by atoms with E-state index in [0.29, 0.717) is 25.9 Å². The minimum atomic E-state index is -0.647. The molecule has 5 nitrogen and oxygen atoms in total. The highest BCUT2D eigenvalue weighted by molar-refractivity contribution is 6.07. The summed E-state index contributed by atoms with van der Waals surface area (Å²) in [6.07, 6.45) is 1.84. The molecule has 5 heteroatoms. The van der Waals surface area contributed by atoms with E-state index in [0.717, 1.165) is 29.0 Å². The molecule has 2 aromatic carbocycles. The first-order chi connectivity index (χ1) is 12.6. The van der Waals surface area contributed by atoms with E-state index in [1.54, 1.807) is 7.11 Å². The van der Waals surface area contributed by atoms with Crippen LogP contribution in [0, 0.1) is 0 Å². The molecule has 1 unspecified atom stereocenters. The van der Waals surface area contributed by atoms with Crippen LogP contribution in [-0.4, -0.2) is 36.9 Å². The van der Waals surface area contributed by atoms with Crippen LogP contribution in [0.1, 0.15) is 24.0 Å². The summed E-state index contributed by atoms with van der Waals surface area (Å²) in [5.41, 5.74) is 2.28. The van der Waals surface area contributed by atoms with E-state index in [2.05, 4.69) is 5.32 Å². The van der Waals surface area contributed by atoms with Gasteiger partial charge >= 0.3 is 0 Å². The summed E-state index contributed by atoms with van der Waals surface area (Å²) in [6, 6.07) is 15.6. The topological polar surface area (TPSA) is 58.6 Å². The average Bonchev–Trinajstić information content (AvgIpc) is 3.24. The van der Waals surface area contributed by atoms with Crippen molar-refractivity contribution < 1.29 is 14.3 Å². The van der Waals surface area contributed by atoms with E-state index < -0.39 is 5.41 Å². The van der Waals surface area contributed by atoms with Crippen molar-refractivity contribution in [2.45, 2.75) is 24.7 Å². The highest BCUT2D eigenvalue weighted by atomic mass is 16.5. The first-order valence-corrected chi connectivity index (χ1v) is 8.94. The number of aryl methyl sites for hydroxylation is 1. The number of rotatable bonds is 4. The van der Waals surface area contributed by atoms with Gasteiger partial charge in [0.1, 0.15) is 5.75 Å². The third-order valence-electron chi connectivity index (χ3n) is 5.52. The molecule has 1 saturated heterocycles. The van der Waals surface area contributed by atoms with Gasteiger partial charge in [-0.05, 0) is 42.2 Å². The molecule has 1 atom stereocenters. The maximum Gasteiger partial charge on any atom is 0.237 e. The summed E-state index contributed by atoms with van der Waals surface area (Å²) >= 11 is 0. The van der Waals surface area contributed by atoms with Crippen LogP contribution >= 0.6 is 0 Å². The number of ether oxygens (including phenoxy) is 1. The molecule has 0 bridgehead atoms. The van der Waals surface area contributed by atoms with Gasteiger partial charge in [0, 0.05) is 25.2 Å². The molecular weight excluding hydrogens is 328 g/mol. The fourth-order valence-electron chi connectivity index (χ4n) is 4.00. The van der Waals surface area contributed by atoms with Crippen LogP contribution < -0.4 is 10.1 Å². The number of nitrogens with zero attached hydrogens (tertiary/aromatic N) is 1. The van der Waals surface area contributed by atoms with Crippen LogP contribution in [0.25, 0.3) is 0 Å². The maximum atomic E-state index is 12.7. The number of fused-ring (bicyclic) bond motifs is 2. The van der Waals surface area contributed by atoms with E-state index in [1.165, 1.54) is 0 Å². The minimum absolute atomic E-state index is 0.0147. The van der Waals surface area contributed by atoms with Gasteiger partial charge in [-0.3, -0.25) is 9.59 Å². The number of benzene rings is 2. The highest BCUT2D eigenvalue weighted by Gasteiger charge is 2.52. The Morgan fingerprint density at radius 1 is 1.23 bits per heavy atom. The molecule has 2 aliphatic heterocycles. The maximum absolute atomic E-state index is 12.7. The highest BCUT2D eigenvalue weighted by Crippen LogP contribution is 2.45. The summed E-state index contributed by atoms with van der Waals surface area (Å²) in [4.78, 5) is 27.2. The van der Waals surface area contributed by atoms with Crippen LogP contribution in [0.15, 0.2) is 48.5 Å². The minimum Gasteiger partial charge on any atom is -0.497 e. The lowest BCUT2D eigenvalue weighted by Crippen LogP contribution is -2.39. The van der Waals surface area contributed by atoms with Crippen molar-refractivity contribution in [3.8, 4) is 5.75 Å². The molecule has 2 aromatic rings. The number of amides is 2. The summed E-state index contributed by atoms with van der Waals surface area (Å²) in [5.74, 6) is 0.822. The Labute approximate surface area is 153 Å². The van der Waals surface area contributed by atoms with Crippen LogP contribution in [0.5, 0.6) is 5.75 Å². The van der Waals surface area contributed by atoms with Crippen molar-refractivity contribution in [1.82, 2.24) is 4.90 Å². The molecule has 2 amide bonds. The number of carbonyl (C=O) groups is 2. The lowest BCUT2D eigenvalue weighted by atomic mass is 9.81. The Hall–Kier alpha value is -2.82. The zero-order valence-electron chi connectivity index (χ0n) is 14.8. The predicted octanol–water partition coefficient (Wildman–Crippen LogP) is 2.75. The van der Waals surface area contributed by atoms with Gasteiger partial charge in [-0.15, -0.1) is 0 Å². The van der Waals surface area contributed by atoms with Gasteiger partial charge in [0.25, 0.3) is 0 Å². The fourth-order valence-corrected chi connectivity index (χ4v) is 4.00. The molecule has 4 rings (SSSR count). The van der Waals surface area contributed by atoms with Crippen LogP contribution in [0.3, 0.4) is 0 Å². The van der Waals surface area contributed by atoms with Crippen LogP contribution in [-0.2, 0) is 21.4 Å². The number of carbonyl (C=O) groups excluding carboxylic acids is 2. The second kappa shape index (κ2) is 6.48. The first kappa shape index (κ1) is 16.6. The van der Waals surface area contributed by atoms with E-state index in [4.69, 9.17) is 4.74 Å². The molecule has 0 aromatic heterocycles. The zero-order valence-corrected chi connectivity index (χ0v) is 14.8. The number of hydrogen-bond donors (Lipinski definition) is 1. The van der Waals surface area contributed by atoms with Crippen molar-refractivity contribution in [1.29, 1.82) is 0 Å². The molecule has 0 aliphatic carbocycles. The van der Waals surface area contributed by atoms with Crippen LogP contribution in [0.4, 0.5) is 5.69 Å². The smallest absolute Gasteiger partial charge is 0.237 e. The molecule has 1 N–H and O–H groups in total. The normalized spacial score (nSPS) is 21.0. The molecule has 2 aliphatic rings. The van der Waals surface area contributed by atoms with Gasteiger partial charge in [-0.1, -0.05) is 30.3 Å². The van der Waals surface area contributed by atoms with Crippen molar-refractivity contribution in [3.05, 3.63) is 59.7 Å². The molecule has 0 saturated carbocycles. The lowest BCUT2D eigenvalue weighted by molar-refractivity contribution is -0.130. The molecule has 2 heterocycles. The molecule has 26 heavy (non-hydrogen) atoms. The summed E-state index contributed by atoms with van der Waals surface area (Å²) in [7, 11) is 1.62. The number of likely N-dealkylation sites (tertiary alicyclic amines) is 1. The quantitative estimate of drug-likeness (QED) is 0.922. The monoisotopic (exact) mass is 350 g/mol. The number of hydrogen-bond acceptors (Lipinski definition) is 3. The number of nitrogens with one attached hydrogen (secondary N) is 1. The Morgan fingerprint density at radius 3 is 2.81 bits per heavy atom. The van der Waals surface area contributed by atoms with E-state index >= 15 is 0 Å². The number of methoxy groups -OCH3 is 1. The van der Waals surface area contributed by atoms with E-state index in [9.17, 15) is 9.59 Å². The molecular formula is C21H22N2O3. The second-order valence-corrected chi connectivity index (χ2v) is 7.00. The SMILES string of the molecule is COc1ccc2c(c1)C1(CCN(C(=O)CCc3ccccc3)C1)C(=O)N2. The van der Waals surface area contributed by atoms with E-state index in [1.807, 2.05) is 53.4 Å². The third-order valence-corrected chi connectivity index (χ3v) is 5.52. The summed E-state index contributed by atoms with van der Waals surface area (Å²) in [6.45, 7) is 1.05. The van der Waals surface area contributed by atoms with E-state index in [-0.39, 0.29) is 11.8 Å². The van der Waals surface area contributed by atoms with Crippen molar-refractivity contribution >= 4 is 17.5 Å². The van der Waals surface area contributed by atoms with Crippen molar-refractivity contribution in [2.24, 2.45) is 0 Å². The standard InChI is InChI=1S/C21H22N2O3/c1-26-16-8-9-18-17(13-16)21(20(25)22-18)11-12-23(14-21)19(24)10-7-15-5-3-2-4-6-15/h2-6,8-9,13H,7,10-12,14H2,1H3,(H,22,25). The average molecular weight is 350 g/mol. The van der Waals surface area contributed by atoms with Gasteiger partial charge in [0.15, 0.2) is 0 Å². The van der Waals surface area contributed by atoms with Gasteiger partial charge in [-0.2, -0.15) is 0 Å².